The molecule has 8 nitrogen and oxygen atoms in total. The van der Waals surface area contributed by atoms with E-state index in [4.69, 9.17) is 5.73 Å². The first-order chi connectivity index (χ1) is 10.1. The van der Waals surface area contributed by atoms with Gasteiger partial charge in [0, 0.05) is 30.7 Å². The van der Waals surface area contributed by atoms with Crippen molar-refractivity contribution < 1.29 is 4.92 Å². The van der Waals surface area contributed by atoms with Crippen LogP contribution in [0.4, 0.5) is 10.9 Å². The summed E-state index contributed by atoms with van der Waals surface area (Å²) in [4.78, 5) is 17.8. The number of thiazole rings is 1. The summed E-state index contributed by atoms with van der Waals surface area (Å²) in [6.45, 7) is 2.74. The van der Waals surface area contributed by atoms with Gasteiger partial charge in [0.05, 0.1) is 23.4 Å². The van der Waals surface area contributed by atoms with Crippen molar-refractivity contribution in [3.05, 3.63) is 33.5 Å². The highest BCUT2D eigenvalue weighted by atomic mass is 32.1. The minimum atomic E-state index is -0.459. The average Bonchev–Trinajstić information content (AvgIpc) is 3.09. The van der Waals surface area contributed by atoms with Gasteiger partial charge in [-0.3, -0.25) is 4.90 Å². The first kappa shape index (κ1) is 14.0. The van der Waals surface area contributed by atoms with E-state index in [2.05, 4.69) is 15.0 Å². The number of nitrogen functional groups attached to an aromatic ring is 1. The SMILES string of the molecule is Nc1ncc(CN2CCC(n3ccc([N+](=O)[O-])n3)CC2)s1. The molecule has 2 N–H and O–H groups in total. The van der Waals surface area contributed by atoms with E-state index in [1.807, 2.05) is 6.20 Å². The van der Waals surface area contributed by atoms with Gasteiger partial charge in [-0.15, -0.1) is 11.3 Å². The summed E-state index contributed by atoms with van der Waals surface area (Å²) in [7, 11) is 0. The molecule has 1 aliphatic rings. The lowest BCUT2D eigenvalue weighted by molar-refractivity contribution is -0.389. The molecule has 112 valence electrons. The van der Waals surface area contributed by atoms with Gasteiger partial charge in [0.2, 0.25) is 0 Å². The molecule has 0 bridgehead atoms. The third kappa shape index (κ3) is 3.19. The van der Waals surface area contributed by atoms with Crippen molar-refractivity contribution in [1.82, 2.24) is 19.7 Å². The standard InChI is InChI=1S/C12H16N6O2S/c13-12-14-7-10(21-12)8-16-4-1-9(2-5-16)17-6-3-11(15-17)18(19)20/h3,6-7,9H,1-2,4-5,8H2,(H2,13,14). The largest absolute Gasteiger partial charge is 0.389 e. The van der Waals surface area contributed by atoms with Crippen LogP contribution in [0.3, 0.4) is 0 Å². The Labute approximate surface area is 125 Å². The van der Waals surface area contributed by atoms with Crippen molar-refractivity contribution in [3.63, 3.8) is 0 Å². The second kappa shape index (κ2) is 5.78. The van der Waals surface area contributed by atoms with Crippen LogP contribution in [0.5, 0.6) is 0 Å². The molecular weight excluding hydrogens is 292 g/mol. The molecule has 1 aliphatic heterocycles. The normalized spacial score (nSPS) is 17.1. The fraction of sp³-hybridized carbons (Fsp3) is 0.500. The molecule has 0 radical (unpaired) electrons. The number of rotatable bonds is 4. The Morgan fingerprint density at radius 1 is 1.48 bits per heavy atom. The maximum absolute atomic E-state index is 10.7. The van der Waals surface area contributed by atoms with E-state index in [0.717, 1.165) is 32.5 Å². The topological polar surface area (TPSA) is 103 Å². The van der Waals surface area contributed by atoms with E-state index < -0.39 is 4.92 Å². The number of likely N-dealkylation sites (tertiary alicyclic amines) is 1. The highest BCUT2D eigenvalue weighted by Crippen LogP contribution is 2.25. The molecule has 0 spiro atoms. The van der Waals surface area contributed by atoms with E-state index in [1.54, 1.807) is 10.9 Å². The third-order valence-corrected chi connectivity index (χ3v) is 4.47. The number of hydrogen-bond acceptors (Lipinski definition) is 7. The lowest BCUT2D eigenvalue weighted by atomic mass is 10.1. The Balaban J connectivity index is 1.55. The number of nitro groups is 1. The second-order valence-corrected chi connectivity index (χ2v) is 6.23. The van der Waals surface area contributed by atoms with Crippen LogP contribution in [-0.2, 0) is 6.54 Å². The van der Waals surface area contributed by atoms with Crippen LogP contribution in [0.25, 0.3) is 0 Å². The summed E-state index contributed by atoms with van der Waals surface area (Å²) < 4.78 is 1.72. The van der Waals surface area contributed by atoms with Crippen molar-refractivity contribution in [2.24, 2.45) is 0 Å². The van der Waals surface area contributed by atoms with Crippen LogP contribution in [0.15, 0.2) is 18.5 Å². The molecule has 3 heterocycles. The van der Waals surface area contributed by atoms with Crippen molar-refractivity contribution in [2.45, 2.75) is 25.4 Å². The summed E-state index contributed by atoms with van der Waals surface area (Å²) in [6.07, 6.45) is 5.39. The zero-order chi connectivity index (χ0) is 14.8. The fourth-order valence-electron chi connectivity index (χ4n) is 2.59. The molecule has 0 saturated carbocycles. The van der Waals surface area contributed by atoms with E-state index in [1.165, 1.54) is 22.3 Å². The molecule has 0 atom stereocenters. The van der Waals surface area contributed by atoms with Crippen molar-refractivity contribution in [2.75, 3.05) is 18.8 Å². The number of aromatic nitrogens is 3. The molecule has 2 aromatic heterocycles. The number of hydrogen-bond donors (Lipinski definition) is 1. The minimum absolute atomic E-state index is 0.0856. The molecule has 0 amide bonds. The Morgan fingerprint density at radius 3 is 2.81 bits per heavy atom. The molecule has 21 heavy (non-hydrogen) atoms. The monoisotopic (exact) mass is 308 g/mol. The van der Waals surface area contributed by atoms with E-state index >= 15 is 0 Å². The fourth-order valence-corrected chi connectivity index (χ4v) is 3.31. The Hall–Kier alpha value is -2.00. The third-order valence-electron chi connectivity index (χ3n) is 3.66. The molecule has 1 saturated heterocycles. The van der Waals surface area contributed by atoms with Crippen LogP contribution in [-0.4, -0.2) is 37.7 Å². The van der Waals surface area contributed by atoms with E-state index in [0.29, 0.717) is 5.13 Å². The summed E-state index contributed by atoms with van der Waals surface area (Å²) in [6, 6.07) is 1.69. The van der Waals surface area contributed by atoms with E-state index in [-0.39, 0.29) is 11.9 Å². The summed E-state index contributed by atoms with van der Waals surface area (Å²) >= 11 is 1.52. The van der Waals surface area contributed by atoms with Gasteiger partial charge in [-0.25, -0.2) is 4.98 Å². The van der Waals surface area contributed by atoms with Crippen LogP contribution in [0, 0.1) is 10.1 Å². The van der Waals surface area contributed by atoms with Crippen LogP contribution in [0.2, 0.25) is 0 Å². The quantitative estimate of drug-likeness (QED) is 0.680. The smallest absolute Gasteiger partial charge is 0.375 e. The Morgan fingerprint density at radius 2 is 2.24 bits per heavy atom. The first-order valence-corrected chi connectivity index (χ1v) is 7.55. The summed E-state index contributed by atoms with van der Waals surface area (Å²) in [5.41, 5.74) is 5.63. The lowest BCUT2D eigenvalue weighted by Gasteiger charge is -2.30. The van der Waals surface area contributed by atoms with E-state index in [9.17, 15) is 10.1 Å². The Kier molecular flexibility index (Phi) is 3.84. The molecule has 0 aromatic carbocycles. The highest BCUT2D eigenvalue weighted by molar-refractivity contribution is 7.15. The van der Waals surface area contributed by atoms with Crippen LogP contribution >= 0.6 is 11.3 Å². The average molecular weight is 308 g/mol. The molecule has 0 unspecified atom stereocenters. The van der Waals surface area contributed by atoms with Gasteiger partial charge >= 0.3 is 5.82 Å². The number of nitrogens with two attached hydrogens (primary N) is 1. The summed E-state index contributed by atoms with van der Waals surface area (Å²) in [5, 5.41) is 15.3. The zero-order valence-electron chi connectivity index (χ0n) is 11.4. The van der Waals surface area contributed by atoms with Crippen molar-refractivity contribution >= 4 is 22.3 Å². The second-order valence-electron chi connectivity index (χ2n) is 5.08. The zero-order valence-corrected chi connectivity index (χ0v) is 12.2. The van der Waals surface area contributed by atoms with Crippen LogP contribution in [0.1, 0.15) is 23.8 Å². The van der Waals surface area contributed by atoms with Gasteiger partial charge < -0.3 is 15.8 Å². The van der Waals surface area contributed by atoms with Gasteiger partial charge in [0.25, 0.3) is 0 Å². The molecule has 1 fully saturated rings. The van der Waals surface area contributed by atoms with Crippen LogP contribution < -0.4 is 5.73 Å². The summed E-state index contributed by atoms with van der Waals surface area (Å²) in [5.74, 6) is -0.0856. The van der Waals surface area contributed by atoms with Gasteiger partial charge in [0.15, 0.2) is 5.13 Å². The van der Waals surface area contributed by atoms with Gasteiger partial charge in [-0.2, -0.15) is 4.68 Å². The molecule has 0 aliphatic carbocycles. The number of piperidine rings is 1. The maximum atomic E-state index is 10.7. The minimum Gasteiger partial charge on any atom is -0.375 e. The molecule has 2 aromatic rings. The number of anilines is 1. The van der Waals surface area contributed by atoms with Gasteiger partial charge in [-0.05, 0) is 17.8 Å². The molecule has 9 heteroatoms. The predicted molar refractivity (Wildman–Crippen MR) is 79.0 cm³/mol. The first-order valence-electron chi connectivity index (χ1n) is 6.74. The predicted octanol–water partition coefficient (Wildman–Crippen LogP) is 1.67. The lowest BCUT2D eigenvalue weighted by Crippen LogP contribution is -2.34. The van der Waals surface area contributed by atoms with Crippen molar-refractivity contribution in [1.29, 1.82) is 0 Å². The van der Waals surface area contributed by atoms with Gasteiger partial charge in [0.1, 0.15) is 0 Å². The number of nitrogens with zero attached hydrogens (tertiary/aromatic N) is 5. The molecular formula is C12H16N6O2S. The Bertz CT molecular complexity index is 631. The highest BCUT2D eigenvalue weighted by Gasteiger charge is 2.24. The molecule has 3 rings (SSSR count). The maximum Gasteiger partial charge on any atom is 0.389 e. The van der Waals surface area contributed by atoms with Gasteiger partial charge in [-0.1, -0.05) is 0 Å². The van der Waals surface area contributed by atoms with Crippen molar-refractivity contribution in [3.8, 4) is 0 Å².